The number of amides is 3. The first kappa shape index (κ1) is 15.0. The predicted molar refractivity (Wildman–Crippen MR) is 80.6 cm³/mol. The topological polar surface area (TPSA) is 62.1 Å². The lowest BCUT2D eigenvalue weighted by molar-refractivity contribution is -0.683. The summed E-state index contributed by atoms with van der Waals surface area (Å²) in [5.74, 6) is -0.350. The smallest absolute Gasteiger partial charge is 0.322 e. The minimum atomic E-state index is -0.478. The highest BCUT2D eigenvalue weighted by Crippen LogP contribution is 2.09. The van der Waals surface area contributed by atoms with Crippen LogP contribution in [0.3, 0.4) is 0 Å². The Morgan fingerprint density at radius 2 is 1.76 bits per heavy atom. The zero-order valence-electron chi connectivity index (χ0n) is 12.5. The van der Waals surface area contributed by atoms with E-state index in [0.717, 1.165) is 10.8 Å². The number of hydrogen-bond donors (Lipinski definition) is 2. The van der Waals surface area contributed by atoms with Gasteiger partial charge in [0.1, 0.15) is 0 Å². The number of rotatable bonds is 2. The zero-order chi connectivity index (χ0) is 15.5. The van der Waals surface area contributed by atoms with Gasteiger partial charge in [-0.25, -0.2) is 4.79 Å². The summed E-state index contributed by atoms with van der Waals surface area (Å²) in [6.45, 7) is 5.67. The van der Waals surface area contributed by atoms with Crippen molar-refractivity contribution in [1.82, 2.24) is 10.6 Å². The van der Waals surface area contributed by atoms with Crippen LogP contribution < -0.4 is 15.2 Å². The molecule has 0 atom stereocenters. The van der Waals surface area contributed by atoms with Gasteiger partial charge in [0.05, 0.1) is 0 Å². The zero-order valence-corrected chi connectivity index (χ0v) is 12.5. The molecular formula is C16H20N3O2+. The molecule has 2 rings (SSSR count). The molecule has 5 nitrogen and oxygen atoms in total. The van der Waals surface area contributed by atoms with E-state index in [2.05, 4.69) is 10.6 Å². The first-order valence-electron chi connectivity index (χ1n) is 6.83. The highest BCUT2D eigenvalue weighted by molar-refractivity contribution is 5.93. The maximum Gasteiger partial charge on any atom is 0.322 e. The van der Waals surface area contributed by atoms with Gasteiger partial charge in [-0.1, -0.05) is 18.2 Å². The van der Waals surface area contributed by atoms with Gasteiger partial charge in [-0.2, -0.15) is 4.57 Å². The van der Waals surface area contributed by atoms with E-state index >= 15 is 0 Å². The summed E-state index contributed by atoms with van der Waals surface area (Å²) in [7, 11) is 0. The van der Waals surface area contributed by atoms with Crippen LogP contribution in [0.4, 0.5) is 4.79 Å². The largest absolute Gasteiger partial charge is 0.333 e. The van der Waals surface area contributed by atoms with Crippen LogP contribution in [0.15, 0.2) is 42.7 Å². The summed E-state index contributed by atoms with van der Waals surface area (Å²) in [4.78, 5) is 23.5. The van der Waals surface area contributed by atoms with Gasteiger partial charge in [-0.3, -0.25) is 10.1 Å². The fourth-order valence-electron chi connectivity index (χ4n) is 1.98. The number of hydrogen-bond acceptors (Lipinski definition) is 2. The Morgan fingerprint density at radius 3 is 2.43 bits per heavy atom. The lowest BCUT2D eigenvalue weighted by atomic mass is 10.1. The van der Waals surface area contributed by atoms with Crippen molar-refractivity contribution < 1.29 is 14.2 Å². The van der Waals surface area contributed by atoms with Gasteiger partial charge in [0.25, 0.3) is 5.91 Å². The van der Waals surface area contributed by atoms with Gasteiger partial charge < -0.3 is 5.32 Å². The van der Waals surface area contributed by atoms with Crippen LogP contribution in [0.5, 0.6) is 0 Å². The van der Waals surface area contributed by atoms with Crippen molar-refractivity contribution in [2.75, 3.05) is 0 Å². The molecule has 5 heteroatoms. The maximum atomic E-state index is 11.9. The molecule has 2 N–H and O–H groups in total. The lowest BCUT2D eigenvalue weighted by Gasteiger charge is -2.19. The molecule has 0 radical (unpaired) electrons. The number of nitrogens with one attached hydrogen (secondary N) is 2. The van der Waals surface area contributed by atoms with Gasteiger partial charge in [0, 0.05) is 17.0 Å². The van der Waals surface area contributed by atoms with E-state index in [4.69, 9.17) is 0 Å². The van der Waals surface area contributed by atoms with Gasteiger partial charge in [0.2, 0.25) is 6.54 Å². The second kappa shape index (κ2) is 5.91. The second-order valence-electron chi connectivity index (χ2n) is 6.00. The fraction of sp³-hybridized carbons (Fsp3) is 0.312. The van der Waals surface area contributed by atoms with E-state index in [0.29, 0.717) is 0 Å². The quantitative estimate of drug-likeness (QED) is 0.826. The van der Waals surface area contributed by atoms with Crippen molar-refractivity contribution >= 4 is 22.7 Å². The summed E-state index contributed by atoms with van der Waals surface area (Å²) in [6.07, 6.45) is 3.71. The number of pyridine rings is 1. The highest BCUT2D eigenvalue weighted by Gasteiger charge is 2.17. The minimum Gasteiger partial charge on any atom is -0.333 e. The van der Waals surface area contributed by atoms with Gasteiger partial charge in [-0.05, 0) is 32.2 Å². The van der Waals surface area contributed by atoms with E-state index in [9.17, 15) is 9.59 Å². The van der Waals surface area contributed by atoms with Crippen LogP contribution >= 0.6 is 0 Å². The molecule has 2 aromatic rings. The molecule has 0 saturated heterocycles. The summed E-state index contributed by atoms with van der Waals surface area (Å²) in [5, 5.41) is 7.17. The molecule has 1 aromatic heterocycles. The summed E-state index contributed by atoms with van der Waals surface area (Å²) in [5.41, 5.74) is -0.375. The van der Waals surface area contributed by atoms with Crippen LogP contribution in [-0.2, 0) is 11.3 Å². The van der Waals surface area contributed by atoms with Crippen LogP contribution in [0.25, 0.3) is 10.8 Å². The Labute approximate surface area is 124 Å². The fourth-order valence-corrected chi connectivity index (χ4v) is 1.98. The second-order valence-corrected chi connectivity index (χ2v) is 6.00. The number of carbonyl (C=O) groups is 2. The first-order chi connectivity index (χ1) is 9.83. The average Bonchev–Trinajstić information content (AvgIpc) is 2.35. The van der Waals surface area contributed by atoms with E-state index in [-0.39, 0.29) is 18.0 Å². The highest BCUT2D eigenvalue weighted by atomic mass is 16.2. The van der Waals surface area contributed by atoms with Crippen molar-refractivity contribution in [3.8, 4) is 0 Å². The molecule has 1 heterocycles. The molecule has 1 aromatic carbocycles. The number of fused-ring (bicyclic) bond motifs is 1. The van der Waals surface area contributed by atoms with Gasteiger partial charge in [-0.15, -0.1) is 0 Å². The van der Waals surface area contributed by atoms with Crippen LogP contribution in [0, 0.1) is 0 Å². The van der Waals surface area contributed by atoms with E-state index in [1.54, 1.807) is 4.57 Å². The number of aromatic nitrogens is 1. The molecule has 0 fully saturated rings. The third kappa shape index (κ3) is 4.56. The SMILES string of the molecule is CC(C)(C)NC(=O)NC(=O)C[n+]1ccc2ccccc2c1. The average molecular weight is 286 g/mol. The standard InChI is InChI=1S/C16H19N3O2/c1-16(2,3)18-15(21)17-14(20)11-19-9-8-12-6-4-5-7-13(12)10-19/h4-10H,11H2,1-3H3,(H-,17,18,20,21)/p+1. The molecule has 0 aliphatic carbocycles. The molecule has 110 valence electrons. The van der Waals surface area contributed by atoms with Crippen molar-refractivity contribution in [1.29, 1.82) is 0 Å². The third-order valence-corrected chi connectivity index (χ3v) is 2.81. The molecule has 0 saturated carbocycles. The summed E-state index contributed by atoms with van der Waals surface area (Å²) >= 11 is 0. The molecule has 0 bridgehead atoms. The predicted octanol–water partition coefficient (Wildman–Crippen LogP) is 1.75. The Bertz CT molecular complexity index is 675. The monoisotopic (exact) mass is 286 g/mol. The Balaban J connectivity index is 1.99. The van der Waals surface area contributed by atoms with Crippen LogP contribution in [0.1, 0.15) is 20.8 Å². The van der Waals surface area contributed by atoms with E-state index in [1.165, 1.54) is 0 Å². The maximum absolute atomic E-state index is 11.9. The number of benzene rings is 1. The van der Waals surface area contributed by atoms with Crippen LogP contribution in [0.2, 0.25) is 0 Å². The van der Waals surface area contributed by atoms with E-state index < -0.39 is 6.03 Å². The minimum absolute atomic E-state index is 0.0996. The molecule has 0 unspecified atom stereocenters. The lowest BCUT2D eigenvalue weighted by Crippen LogP contribution is -2.51. The number of urea groups is 1. The molecule has 21 heavy (non-hydrogen) atoms. The van der Waals surface area contributed by atoms with Crippen molar-refractivity contribution in [2.45, 2.75) is 32.9 Å². The van der Waals surface area contributed by atoms with Crippen LogP contribution in [-0.4, -0.2) is 17.5 Å². The Hall–Kier alpha value is -2.43. The van der Waals surface area contributed by atoms with E-state index in [1.807, 2.05) is 63.5 Å². The Morgan fingerprint density at radius 1 is 1.10 bits per heavy atom. The number of carbonyl (C=O) groups excluding carboxylic acids is 2. The van der Waals surface area contributed by atoms with Crippen molar-refractivity contribution in [3.63, 3.8) is 0 Å². The molecular weight excluding hydrogens is 266 g/mol. The normalized spacial score (nSPS) is 11.2. The first-order valence-corrected chi connectivity index (χ1v) is 6.83. The number of nitrogens with zero attached hydrogens (tertiary/aromatic N) is 1. The molecule has 0 aliphatic heterocycles. The summed E-state index contributed by atoms with van der Waals surface area (Å²) in [6, 6.07) is 9.37. The summed E-state index contributed by atoms with van der Waals surface area (Å²) < 4.78 is 1.75. The van der Waals surface area contributed by atoms with Crippen molar-refractivity contribution in [3.05, 3.63) is 42.7 Å². The third-order valence-electron chi connectivity index (χ3n) is 2.81. The Kier molecular flexibility index (Phi) is 4.21. The molecule has 3 amide bonds. The molecule has 0 spiro atoms. The molecule has 0 aliphatic rings. The van der Waals surface area contributed by atoms with Crippen molar-refractivity contribution in [2.24, 2.45) is 0 Å². The van der Waals surface area contributed by atoms with Gasteiger partial charge >= 0.3 is 6.03 Å². The van der Waals surface area contributed by atoms with Gasteiger partial charge in [0.15, 0.2) is 12.4 Å². The number of imide groups is 1.